The van der Waals surface area contributed by atoms with Crippen molar-refractivity contribution >= 4 is 15.9 Å². The molecule has 1 rings (SSSR count). The molecule has 0 aromatic heterocycles. The third-order valence-electron chi connectivity index (χ3n) is 2.27. The van der Waals surface area contributed by atoms with Gasteiger partial charge in [0.05, 0.1) is 0 Å². The molecule has 1 unspecified atom stereocenters. The van der Waals surface area contributed by atoms with Crippen LogP contribution in [0.4, 0.5) is 0 Å². The average Bonchev–Trinajstić information content (AvgIpc) is 2.13. The SMILES string of the molecule is [C-]#[N+]C(C)c1ccc(C)c(Br)c1C. The number of aryl methyl sites for hydroxylation is 1. The normalized spacial score (nSPS) is 12.2. The second kappa shape index (κ2) is 3.93. The van der Waals surface area contributed by atoms with Crippen molar-refractivity contribution < 1.29 is 0 Å². The van der Waals surface area contributed by atoms with Crippen LogP contribution in [0.25, 0.3) is 4.85 Å². The van der Waals surface area contributed by atoms with Gasteiger partial charge in [-0.2, -0.15) is 0 Å². The summed E-state index contributed by atoms with van der Waals surface area (Å²) in [5.74, 6) is 0. The molecule has 0 aliphatic carbocycles. The Hall–Kier alpha value is -0.810. The zero-order valence-electron chi connectivity index (χ0n) is 8.06. The maximum atomic E-state index is 6.98. The van der Waals surface area contributed by atoms with E-state index in [0.29, 0.717) is 0 Å². The summed E-state index contributed by atoms with van der Waals surface area (Å²) in [5.41, 5.74) is 3.52. The first-order chi connectivity index (χ1) is 6.07. The zero-order valence-corrected chi connectivity index (χ0v) is 9.64. The third-order valence-corrected chi connectivity index (χ3v) is 3.49. The Morgan fingerprint density at radius 3 is 2.54 bits per heavy atom. The minimum Gasteiger partial charge on any atom is -0.309 e. The highest BCUT2D eigenvalue weighted by Crippen LogP contribution is 2.29. The van der Waals surface area contributed by atoms with Gasteiger partial charge in [0.25, 0.3) is 0 Å². The molecule has 0 spiro atoms. The summed E-state index contributed by atoms with van der Waals surface area (Å²) in [6, 6.07) is 4.04. The van der Waals surface area contributed by atoms with Gasteiger partial charge in [0.15, 0.2) is 0 Å². The third kappa shape index (κ3) is 1.92. The fraction of sp³-hybridized carbons (Fsp3) is 0.364. The molecule has 2 heteroatoms. The number of hydrogen-bond donors (Lipinski definition) is 0. The quantitative estimate of drug-likeness (QED) is 0.650. The van der Waals surface area contributed by atoms with Crippen molar-refractivity contribution in [3.8, 4) is 0 Å². The number of benzene rings is 1. The van der Waals surface area contributed by atoms with Crippen LogP contribution in [0.5, 0.6) is 0 Å². The first-order valence-corrected chi connectivity index (χ1v) is 4.99. The Bertz CT molecular complexity index is 363. The molecule has 0 fully saturated rings. The van der Waals surface area contributed by atoms with Gasteiger partial charge in [0.2, 0.25) is 6.04 Å². The van der Waals surface area contributed by atoms with E-state index in [-0.39, 0.29) is 6.04 Å². The van der Waals surface area contributed by atoms with Gasteiger partial charge in [0.1, 0.15) is 0 Å². The molecule has 0 heterocycles. The molecule has 0 bridgehead atoms. The highest BCUT2D eigenvalue weighted by molar-refractivity contribution is 9.10. The van der Waals surface area contributed by atoms with Crippen LogP contribution in [0.2, 0.25) is 0 Å². The molecule has 0 saturated heterocycles. The van der Waals surface area contributed by atoms with Gasteiger partial charge >= 0.3 is 0 Å². The van der Waals surface area contributed by atoms with E-state index >= 15 is 0 Å². The largest absolute Gasteiger partial charge is 0.309 e. The molecule has 0 aliphatic rings. The lowest BCUT2D eigenvalue weighted by atomic mass is 10.0. The van der Waals surface area contributed by atoms with Gasteiger partial charge in [0, 0.05) is 17.0 Å². The summed E-state index contributed by atoms with van der Waals surface area (Å²) in [6.07, 6.45) is 0. The summed E-state index contributed by atoms with van der Waals surface area (Å²) in [4.78, 5) is 3.52. The van der Waals surface area contributed by atoms with Crippen molar-refractivity contribution in [3.05, 3.63) is 44.7 Å². The first kappa shape index (κ1) is 10.3. The minimum absolute atomic E-state index is 0.0445. The van der Waals surface area contributed by atoms with Gasteiger partial charge in [-0.1, -0.05) is 28.1 Å². The second-order valence-electron chi connectivity index (χ2n) is 3.22. The maximum absolute atomic E-state index is 6.98. The highest BCUT2D eigenvalue weighted by Gasteiger charge is 2.13. The lowest BCUT2D eigenvalue weighted by molar-refractivity contribution is 0.942. The van der Waals surface area contributed by atoms with Gasteiger partial charge in [-0.05, 0) is 25.0 Å². The zero-order chi connectivity index (χ0) is 10.0. The molecule has 0 amide bonds. The summed E-state index contributed by atoms with van der Waals surface area (Å²) in [6.45, 7) is 13.0. The fourth-order valence-electron chi connectivity index (χ4n) is 1.36. The average molecular weight is 238 g/mol. The number of nitrogens with zero attached hydrogens (tertiary/aromatic N) is 1. The van der Waals surface area contributed by atoms with Gasteiger partial charge in [-0.15, -0.1) is 0 Å². The van der Waals surface area contributed by atoms with Crippen LogP contribution in [0.15, 0.2) is 16.6 Å². The maximum Gasteiger partial charge on any atom is 0.246 e. The molecular formula is C11H12BrN. The molecule has 0 aliphatic heterocycles. The predicted molar refractivity (Wildman–Crippen MR) is 58.6 cm³/mol. The summed E-state index contributed by atoms with van der Waals surface area (Å²) >= 11 is 3.52. The fourth-order valence-corrected chi connectivity index (χ4v) is 1.72. The molecular weight excluding hydrogens is 226 g/mol. The van der Waals surface area contributed by atoms with E-state index in [2.05, 4.69) is 27.7 Å². The molecule has 1 atom stereocenters. The smallest absolute Gasteiger partial charge is 0.246 e. The van der Waals surface area contributed by atoms with Crippen LogP contribution >= 0.6 is 15.9 Å². The number of hydrogen-bond acceptors (Lipinski definition) is 0. The molecule has 1 aromatic rings. The number of halogens is 1. The van der Waals surface area contributed by atoms with Gasteiger partial charge in [-0.25, -0.2) is 6.57 Å². The van der Waals surface area contributed by atoms with Gasteiger partial charge < -0.3 is 4.85 Å². The lowest BCUT2D eigenvalue weighted by Gasteiger charge is -2.08. The summed E-state index contributed by atoms with van der Waals surface area (Å²) < 4.78 is 1.13. The monoisotopic (exact) mass is 237 g/mol. The first-order valence-electron chi connectivity index (χ1n) is 4.20. The van der Waals surface area contributed by atoms with Crippen molar-refractivity contribution in [1.82, 2.24) is 0 Å². The second-order valence-corrected chi connectivity index (χ2v) is 4.01. The van der Waals surface area contributed by atoms with E-state index in [1.54, 1.807) is 0 Å². The Morgan fingerprint density at radius 1 is 1.38 bits per heavy atom. The molecule has 0 radical (unpaired) electrons. The van der Waals surface area contributed by atoms with Crippen LogP contribution in [0.1, 0.15) is 29.7 Å². The van der Waals surface area contributed by atoms with Crippen LogP contribution in [0.3, 0.4) is 0 Å². The number of rotatable bonds is 1. The van der Waals surface area contributed by atoms with E-state index in [4.69, 9.17) is 6.57 Å². The molecule has 13 heavy (non-hydrogen) atoms. The van der Waals surface area contributed by atoms with Crippen molar-refractivity contribution in [2.24, 2.45) is 0 Å². The molecule has 0 saturated carbocycles. The predicted octanol–water partition coefficient (Wildman–Crippen LogP) is 4.05. The Labute approximate surface area is 87.7 Å². The Morgan fingerprint density at radius 2 is 2.00 bits per heavy atom. The van der Waals surface area contributed by atoms with Crippen molar-refractivity contribution in [1.29, 1.82) is 0 Å². The Balaban J connectivity index is 3.28. The summed E-state index contributed by atoms with van der Waals surface area (Å²) in [7, 11) is 0. The Kier molecular flexibility index (Phi) is 3.11. The van der Waals surface area contributed by atoms with E-state index in [0.717, 1.165) is 10.0 Å². The van der Waals surface area contributed by atoms with Crippen LogP contribution in [0, 0.1) is 20.4 Å². The van der Waals surface area contributed by atoms with Crippen LogP contribution in [-0.4, -0.2) is 0 Å². The molecule has 1 nitrogen and oxygen atoms in total. The topological polar surface area (TPSA) is 4.36 Å². The highest BCUT2D eigenvalue weighted by atomic mass is 79.9. The van der Waals surface area contributed by atoms with E-state index in [1.807, 2.05) is 26.0 Å². The molecule has 1 aromatic carbocycles. The summed E-state index contributed by atoms with van der Waals surface area (Å²) in [5, 5.41) is 0. The van der Waals surface area contributed by atoms with Crippen molar-refractivity contribution in [2.45, 2.75) is 26.8 Å². The minimum atomic E-state index is -0.0445. The standard InChI is InChI=1S/C11H12BrN/c1-7-5-6-10(9(3)13-4)8(2)11(7)12/h5-6,9H,1-3H3. The van der Waals surface area contributed by atoms with E-state index in [9.17, 15) is 0 Å². The van der Waals surface area contributed by atoms with Crippen molar-refractivity contribution in [3.63, 3.8) is 0 Å². The van der Waals surface area contributed by atoms with E-state index < -0.39 is 0 Å². The van der Waals surface area contributed by atoms with E-state index in [1.165, 1.54) is 11.1 Å². The lowest BCUT2D eigenvalue weighted by Crippen LogP contribution is -1.94. The van der Waals surface area contributed by atoms with Crippen LogP contribution in [-0.2, 0) is 0 Å². The molecule has 68 valence electrons. The molecule has 0 N–H and O–H groups in total. The van der Waals surface area contributed by atoms with Gasteiger partial charge in [-0.3, -0.25) is 0 Å². The van der Waals surface area contributed by atoms with Crippen LogP contribution < -0.4 is 0 Å². The van der Waals surface area contributed by atoms with Crippen molar-refractivity contribution in [2.75, 3.05) is 0 Å².